The molecule has 20 heavy (non-hydrogen) atoms. The molecule has 2 unspecified atom stereocenters. The van der Waals surface area contributed by atoms with Gasteiger partial charge >= 0.3 is 0 Å². The van der Waals surface area contributed by atoms with Crippen LogP contribution in [0.5, 0.6) is 0 Å². The summed E-state index contributed by atoms with van der Waals surface area (Å²) in [5.74, 6) is 0.264. The van der Waals surface area contributed by atoms with Gasteiger partial charge in [-0.15, -0.1) is 0 Å². The minimum atomic E-state index is -0.407. The van der Waals surface area contributed by atoms with Crippen molar-refractivity contribution in [2.45, 2.75) is 103 Å². The lowest BCUT2D eigenvalue weighted by atomic mass is 9.77. The summed E-state index contributed by atoms with van der Waals surface area (Å²) >= 11 is 0. The molecule has 0 amide bonds. The van der Waals surface area contributed by atoms with Crippen molar-refractivity contribution in [3.8, 4) is 0 Å². The average Bonchev–Trinajstić information content (AvgIpc) is 2.06. The monoisotopic (exact) mass is 283 g/mol. The Morgan fingerprint density at radius 1 is 1.05 bits per heavy atom. The van der Waals surface area contributed by atoms with Crippen LogP contribution in [0.2, 0.25) is 0 Å². The quantitative estimate of drug-likeness (QED) is 0.834. The third-order valence-electron chi connectivity index (χ3n) is 4.23. The minimum absolute atomic E-state index is 0.0428. The first-order valence-electron chi connectivity index (χ1n) is 8.16. The predicted octanol–water partition coefficient (Wildman–Crippen LogP) is 3.86. The van der Waals surface area contributed by atoms with Crippen LogP contribution in [-0.4, -0.2) is 29.1 Å². The van der Waals surface area contributed by atoms with Crippen LogP contribution in [0.1, 0.15) is 74.1 Å². The van der Waals surface area contributed by atoms with Gasteiger partial charge < -0.3 is 14.8 Å². The van der Waals surface area contributed by atoms with Gasteiger partial charge in [0.05, 0.1) is 12.2 Å². The molecule has 0 aromatic rings. The van der Waals surface area contributed by atoms with Gasteiger partial charge in [-0.3, -0.25) is 0 Å². The highest BCUT2D eigenvalue weighted by Crippen LogP contribution is 2.44. The van der Waals surface area contributed by atoms with E-state index in [0.717, 1.165) is 25.7 Å². The maximum atomic E-state index is 6.51. The van der Waals surface area contributed by atoms with Crippen molar-refractivity contribution in [3.63, 3.8) is 0 Å². The summed E-state index contributed by atoms with van der Waals surface area (Å²) < 4.78 is 12.8. The average molecular weight is 283 g/mol. The van der Waals surface area contributed by atoms with E-state index < -0.39 is 5.79 Å². The number of rotatable bonds is 2. The molecule has 0 aliphatic carbocycles. The predicted molar refractivity (Wildman–Crippen MR) is 82.8 cm³/mol. The lowest BCUT2D eigenvalue weighted by molar-refractivity contribution is -0.340. The van der Waals surface area contributed by atoms with Crippen LogP contribution in [0.4, 0.5) is 0 Å². The highest BCUT2D eigenvalue weighted by atomic mass is 16.7. The summed E-state index contributed by atoms with van der Waals surface area (Å²) in [6.45, 7) is 15.7. The second kappa shape index (κ2) is 5.26. The van der Waals surface area contributed by atoms with Crippen LogP contribution in [-0.2, 0) is 9.47 Å². The third-order valence-corrected chi connectivity index (χ3v) is 4.23. The molecule has 2 aliphatic rings. The molecule has 2 rings (SSSR count). The van der Waals surface area contributed by atoms with Crippen LogP contribution >= 0.6 is 0 Å². The molecule has 1 spiro atoms. The topological polar surface area (TPSA) is 30.5 Å². The zero-order valence-electron chi connectivity index (χ0n) is 14.4. The molecule has 3 heteroatoms. The van der Waals surface area contributed by atoms with Gasteiger partial charge in [-0.1, -0.05) is 13.8 Å². The Kier molecular flexibility index (Phi) is 4.27. The van der Waals surface area contributed by atoms with E-state index in [1.807, 2.05) is 0 Å². The van der Waals surface area contributed by atoms with E-state index in [1.165, 1.54) is 0 Å². The molecule has 118 valence electrons. The van der Waals surface area contributed by atoms with Crippen LogP contribution in [0.15, 0.2) is 0 Å². The van der Waals surface area contributed by atoms with Crippen molar-refractivity contribution in [2.75, 3.05) is 0 Å². The Balaban J connectivity index is 2.19. The highest BCUT2D eigenvalue weighted by molar-refractivity contribution is 5.03. The number of hydrogen-bond donors (Lipinski definition) is 1. The van der Waals surface area contributed by atoms with Crippen molar-refractivity contribution < 1.29 is 9.47 Å². The molecule has 0 aromatic heterocycles. The molecule has 2 saturated heterocycles. The highest BCUT2D eigenvalue weighted by Gasteiger charge is 2.52. The van der Waals surface area contributed by atoms with E-state index in [1.54, 1.807) is 0 Å². The molecule has 0 saturated carbocycles. The zero-order chi connectivity index (χ0) is 15.2. The standard InChI is InChI=1S/C17H33NO2/c1-12(2)8-14-9-13(3)19-17(20-14)10-15(4,5)18-16(6,7)11-17/h12-14,18H,8-11H2,1-7H3. The normalized spacial score (nSPS) is 35.4. The van der Waals surface area contributed by atoms with Crippen LogP contribution < -0.4 is 5.32 Å². The van der Waals surface area contributed by atoms with Crippen molar-refractivity contribution in [3.05, 3.63) is 0 Å². The molecule has 1 N–H and O–H groups in total. The Morgan fingerprint density at radius 2 is 1.60 bits per heavy atom. The van der Waals surface area contributed by atoms with Crippen molar-refractivity contribution >= 4 is 0 Å². The number of nitrogens with one attached hydrogen (secondary N) is 1. The SMILES string of the molecule is CC(C)CC1CC(C)OC2(CC(C)(C)NC(C)(C)C2)O1. The number of hydrogen-bond acceptors (Lipinski definition) is 3. The summed E-state index contributed by atoms with van der Waals surface area (Å²) in [5, 5.41) is 3.71. The minimum Gasteiger partial charge on any atom is -0.347 e. The third kappa shape index (κ3) is 3.96. The molecular formula is C17H33NO2. The molecule has 0 aromatic carbocycles. The first-order chi connectivity index (χ1) is 9.01. The zero-order valence-corrected chi connectivity index (χ0v) is 14.4. The Bertz CT molecular complexity index is 331. The fourth-order valence-electron chi connectivity index (χ4n) is 4.42. The van der Waals surface area contributed by atoms with Gasteiger partial charge in [0.1, 0.15) is 0 Å². The molecule has 2 atom stereocenters. The Morgan fingerprint density at radius 3 is 2.10 bits per heavy atom. The molecular weight excluding hydrogens is 250 g/mol. The van der Waals surface area contributed by atoms with Gasteiger partial charge in [0, 0.05) is 23.9 Å². The molecule has 0 radical (unpaired) electrons. The number of piperidine rings is 1. The van der Waals surface area contributed by atoms with Crippen LogP contribution in [0.25, 0.3) is 0 Å². The Hall–Kier alpha value is -0.120. The first-order valence-corrected chi connectivity index (χ1v) is 8.16. The number of ether oxygens (including phenoxy) is 2. The van der Waals surface area contributed by atoms with Gasteiger partial charge in [0.15, 0.2) is 5.79 Å². The van der Waals surface area contributed by atoms with Crippen LogP contribution in [0, 0.1) is 5.92 Å². The van der Waals surface area contributed by atoms with E-state index in [2.05, 4.69) is 53.8 Å². The maximum Gasteiger partial charge on any atom is 0.172 e. The van der Waals surface area contributed by atoms with E-state index in [0.29, 0.717) is 12.0 Å². The lowest BCUT2D eigenvalue weighted by Crippen LogP contribution is -2.67. The van der Waals surface area contributed by atoms with Gasteiger partial charge in [-0.25, -0.2) is 0 Å². The van der Waals surface area contributed by atoms with Crippen LogP contribution in [0.3, 0.4) is 0 Å². The van der Waals surface area contributed by atoms with Crippen molar-refractivity contribution in [1.29, 1.82) is 0 Å². The van der Waals surface area contributed by atoms with E-state index in [-0.39, 0.29) is 17.2 Å². The van der Waals surface area contributed by atoms with E-state index >= 15 is 0 Å². The Labute approximate surface area is 124 Å². The fourth-order valence-corrected chi connectivity index (χ4v) is 4.42. The molecule has 0 bridgehead atoms. The molecule has 3 nitrogen and oxygen atoms in total. The summed E-state index contributed by atoms with van der Waals surface area (Å²) in [6, 6.07) is 0. The van der Waals surface area contributed by atoms with Gasteiger partial charge in [0.25, 0.3) is 0 Å². The van der Waals surface area contributed by atoms with E-state index in [4.69, 9.17) is 9.47 Å². The molecule has 2 heterocycles. The summed E-state index contributed by atoms with van der Waals surface area (Å²) in [4.78, 5) is 0. The van der Waals surface area contributed by atoms with Gasteiger partial charge in [-0.05, 0) is 53.4 Å². The summed E-state index contributed by atoms with van der Waals surface area (Å²) in [5.41, 5.74) is 0.0857. The fraction of sp³-hybridized carbons (Fsp3) is 1.00. The smallest absolute Gasteiger partial charge is 0.172 e. The second-order valence-corrected chi connectivity index (χ2v) is 8.69. The van der Waals surface area contributed by atoms with Crippen molar-refractivity contribution in [1.82, 2.24) is 5.32 Å². The first kappa shape index (κ1) is 16.3. The lowest BCUT2D eigenvalue weighted by Gasteiger charge is -2.55. The van der Waals surface area contributed by atoms with Crippen molar-refractivity contribution in [2.24, 2.45) is 5.92 Å². The largest absolute Gasteiger partial charge is 0.347 e. The molecule has 2 aliphatic heterocycles. The summed E-state index contributed by atoms with van der Waals surface area (Å²) in [7, 11) is 0. The summed E-state index contributed by atoms with van der Waals surface area (Å²) in [6.07, 6.45) is 4.61. The second-order valence-electron chi connectivity index (χ2n) is 8.69. The van der Waals surface area contributed by atoms with Gasteiger partial charge in [0.2, 0.25) is 0 Å². The van der Waals surface area contributed by atoms with E-state index in [9.17, 15) is 0 Å². The maximum absolute atomic E-state index is 6.51. The molecule has 2 fully saturated rings. The van der Waals surface area contributed by atoms with Gasteiger partial charge in [-0.2, -0.15) is 0 Å².